The summed E-state index contributed by atoms with van der Waals surface area (Å²) in [6.45, 7) is 6.26. The van der Waals surface area contributed by atoms with E-state index in [1.807, 2.05) is 11.0 Å². The van der Waals surface area contributed by atoms with Crippen molar-refractivity contribution in [3.63, 3.8) is 0 Å². The van der Waals surface area contributed by atoms with Crippen LogP contribution in [0, 0.1) is 5.41 Å². The Labute approximate surface area is 161 Å². The highest BCUT2D eigenvalue weighted by atomic mass is 16.5. The first-order valence-electron chi connectivity index (χ1n) is 10.4. The zero-order chi connectivity index (χ0) is 18.9. The SMILES string of the molecule is CN1CCC[C@@]2(CCCN(C(=O)c3cc(CN4CCC(O)CC4)on3)C2)C1. The number of aliphatic hydroxyl groups excluding tert-OH is 1. The van der Waals surface area contributed by atoms with Gasteiger partial charge in [-0.2, -0.15) is 0 Å². The van der Waals surface area contributed by atoms with Crippen molar-refractivity contribution in [3.05, 3.63) is 17.5 Å². The van der Waals surface area contributed by atoms with Crippen LogP contribution in [0.2, 0.25) is 0 Å². The van der Waals surface area contributed by atoms with Crippen molar-refractivity contribution in [2.24, 2.45) is 5.41 Å². The van der Waals surface area contributed by atoms with Gasteiger partial charge in [-0.1, -0.05) is 5.16 Å². The molecule has 7 heteroatoms. The number of rotatable bonds is 3. The van der Waals surface area contributed by atoms with Gasteiger partial charge in [-0.3, -0.25) is 9.69 Å². The molecule has 4 heterocycles. The smallest absolute Gasteiger partial charge is 0.276 e. The molecule has 0 aliphatic carbocycles. The number of nitrogens with zero attached hydrogens (tertiary/aromatic N) is 4. The van der Waals surface area contributed by atoms with Crippen molar-refractivity contribution in [3.8, 4) is 0 Å². The van der Waals surface area contributed by atoms with Crippen LogP contribution in [0.5, 0.6) is 0 Å². The average molecular weight is 377 g/mol. The standard InChI is InChI=1S/C20H32N4O3/c1-22-8-2-6-20(14-22)7-3-9-24(15-20)19(26)18-12-17(27-21-18)13-23-10-4-16(25)5-11-23/h12,16,25H,2-11,13-15H2,1H3/t20-/m1/s1. The number of likely N-dealkylation sites (tertiary alicyclic amines) is 3. The fourth-order valence-electron chi connectivity index (χ4n) is 5.12. The molecular weight excluding hydrogens is 344 g/mol. The summed E-state index contributed by atoms with van der Waals surface area (Å²) in [7, 11) is 2.19. The van der Waals surface area contributed by atoms with Gasteiger partial charge in [-0.05, 0) is 52.1 Å². The van der Waals surface area contributed by atoms with Crippen molar-refractivity contribution < 1.29 is 14.4 Å². The average Bonchev–Trinajstić information content (AvgIpc) is 3.11. The normalized spacial score (nSPS) is 28.7. The van der Waals surface area contributed by atoms with E-state index in [1.54, 1.807) is 0 Å². The molecule has 3 aliphatic rings. The molecule has 0 aromatic carbocycles. The molecule has 150 valence electrons. The number of hydrogen-bond donors (Lipinski definition) is 1. The van der Waals surface area contributed by atoms with Crippen molar-refractivity contribution in [2.45, 2.75) is 51.2 Å². The minimum Gasteiger partial charge on any atom is -0.393 e. The minimum atomic E-state index is -0.182. The van der Waals surface area contributed by atoms with Gasteiger partial charge in [0.05, 0.1) is 12.6 Å². The molecule has 1 aromatic heterocycles. The van der Waals surface area contributed by atoms with Gasteiger partial charge in [0.15, 0.2) is 11.5 Å². The Morgan fingerprint density at radius 1 is 1.22 bits per heavy atom. The second-order valence-corrected chi connectivity index (χ2v) is 8.86. The van der Waals surface area contributed by atoms with Crippen LogP contribution in [0.25, 0.3) is 0 Å². The Hall–Kier alpha value is -1.44. The molecule has 4 rings (SSSR count). The lowest BCUT2D eigenvalue weighted by Crippen LogP contribution is -2.52. The highest BCUT2D eigenvalue weighted by molar-refractivity contribution is 5.92. The molecule has 1 N–H and O–H groups in total. The Morgan fingerprint density at radius 3 is 2.70 bits per heavy atom. The Balaban J connectivity index is 1.37. The molecule has 7 nitrogen and oxygen atoms in total. The zero-order valence-corrected chi connectivity index (χ0v) is 16.4. The molecule has 1 spiro atoms. The lowest BCUT2D eigenvalue weighted by atomic mass is 9.74. The van der Waals surface area contributed by atoms with Gasteiger partial charge >= 0.3 is 0 Å². The Kier molecular flexibility index (Phi) is 5.53. The molecule has 3 fully saturated rings. The molecule has 3 aliphatic heterocycles. The number of aliphatic hydroxyl groups is 1. The third-order valence-electron chi connectivity index (χ3n) is 6.52. The van der Waals surface area contributed by atoms with Crippen LogP contribution >= 0.6 is 0 Å². The van der Waals surface area contributed by atoms with E-state index in [4.69, 9.17) is 4.52 Å². The Bertz CT molecular complexity index is 651. The van der Waals surface area contributed by atoms with Gasteiger partial charge in [-0.15, -0.1) is 0 Å². The molecule has 0 unspecified atom stereocenters. The Morgan fingerprint density at radius 2 is 1.96 bits per heavy atom. The lowest BCUT2D eigenvalue weighted by Gasteiger charge is -2.47. The first-order valence-corrected chi connectivity index (χ1v) is 10.4. The quantitative estimate of drug-likeness (QED) is 0.864. The second kappa shape index (κ2) is 7.89. The van der Waals surface area contributed by atoms with Gasteiger partial charge in [0.1, 0.15) is 0 Å². The van der Waals surface area contributed by atoms with Crippen molar-refractivity contribution in [1.29, 1.82) is 0 Å². The lowest BCUT2D eigenvalue weighted by molar-refractivity contribution is 0.0201. The van der Waals surface area contributed by atoms with Crippen LogP contribution in [0.4, 0.5) is 0 Å². The molecular formula is C20H32N4O3. The molecule has 0 radical (unpaired) electrons. The van der Waals surface area contributed by atoms with Gasteiger partial charge in [-0.25, -0.2) is 0 Å². The van der Waals surface area contributed by atoms with E-state index in [1.165, 1.54) is 19.3 Å². The monoisotopic (exact) mass is 376 g/mol. The van der Waals surface area contributed by atoms with Crippen LogP contribution < -0.4 is 0 Å². The van der Waals surface area contributed by atoms with E-state index in [0.717, 1.165) is 64.3 Å². The maximum absolute atomic E-state index is 13.0. The van der Waals surface area contributed by atoms with Gasteiger partial charge in [0, 0.05) is 44.2 Å². The largest absolute Gasteiger partial charge is 0.393 e. The van der Waals surface area contributed by atoms with E-state index in [2.05, 4.69) is 22.0 Å². The summed E-state index contributed by atoms with van der Waals surface area (Å²) >= 11 is 0. The molecule has 1 atom stereocenters. The number of carbonyl (C=O) groups is 1. The van der Waals surface area contributed by atoms with Crippen molar-refractivity contribution >= 4 is 5.91 Å². The summed E-state index contributed by atoms with van der Waals surface area (Å²) in [5.74, 6) is 0.741. The maximum Gasteiger partial charge on any atom is 0.276 e. The number of carbonyl (C=O) groups excluding carboxylic acids is 1. The number of amides is 1. The van der Waals surface area contributed by atoms with Crippen molar-refractivity contribution in [1.82, 2.24) is 19.9 Å². The summed E-state index contributed by atoms with van der Waals surface area (Å²) in [4.78, 5) is 19.6. The number of aromatic nitrogens is 1. The van der Waals surface area contributed by atoms with E-state index in [-0.39, 0.29) is 17.4 Å². The summed E-state index contributed by atoms with van der Waals surface area (Å²) in [5, 5.41) is 13.7. The van der Waals surface area contributed by atoms with E-state index in [0.29, 0.717) is 12.2 Å². The maximum atomic E-state index is 13.0. The first kappa shape index (κ1) is 18.9. The van der Waals surface area contributed by atoms with Crippen LogP contribution in [-0.2, 0) is 6.54 Å². The molecule has 27 heavy (non-hydrogen) atoms. The van der Waals surface area contributed by atoms with E-state index >= 15 is 0 Å². The van der Waals surface area contributed by atoms with Crippen LogP contribution in [-0.4, -0.2) is 83.3 Å². The minimum absolute atomic E-state index is 0.00590. The third-order valence-corrected chi connectivity index (χ3v) is 6.52. The van der Waals surface area contributed by atoms with Crippen LogP contribution in [0.15, 0.2) is 10.6 Å². The van der Waals surface area contributed by atoms with Gasteiger partial charge < -0.3 is 19.4 Å². The van der Waals surface area contributed by atoms with Crippen LogP contribution in [0.1, 0.15) is 54.8 Å². The predicted molar refractivity (Wildman–Crippen MR) is 101 cm³/mol. The van der Waals surface area contributed by atoms with Gasteiger partial charge in [0.2, 0.25) is 0 Å². The summed E-state index contributed by atoms with van der Waals surface area (Å²) in [6, 6.07) is 1.81. The van der Waals surface area contributed by atoms with Crippen LogP contribution in [0.3, 0.4) is 0 Å². The molecule has 3 saturated heterocycles. The van der Waals surface area contributed by atoms with Gasteiger partial charge in [0.25, 0.3) is 5.91 Å². The highest BCUT2D eigenvalue weighted by Gasteiger charge is 2.40. The predicted octanol–water partition coefficient (Wildman–Crippen LogP) is 1.58. The number of hydrogen-bond acceptors (Lipinski definition) is 6. The summed E-state index contributed by atoms with van der Waals surface area (Å²) < 4.78 is 5.45. The molecule has 1 amide bonds. The van der Waals surface area contributed by atoms with E-state index in [9.17, 15) is 9.90 Å². The molecule has 0 saturated carbocycles. The molecule has 1 aromatic rings. The topological polar surface area (TPSA) is 73.0 Å². The fraction of sp³-hybridized carbons (Fsp3) is 0.800. The number of piperidine rings is 3. The summed E-state index contributed by atoms with van der Waals surface area (Å²) in [6.07, 6.45) is 6.13. The molecule has 0 bridgehead atoms. The summed E-state index contributed by atoms with van der Waals surface area (Å²) in [5.41, 5.74) is 0.686. The third kappa shape index (κ3) is 4.36. The van der Waals surface area contributed by atoms with E-state index < -0.39 is 0 Å². The van der Waals surface area contributed by atoms with Crippen molar-refractivity contribution in [2.75, 3.05) is 46.3 Å². The fourth-order valence-corrected chi connectivity index (χ4v) is 5.12. The second-order valence-electron chi connectivity index (χ2n) is 8.86. The first-order chi connectivity index (χ1) is 13.0. The zero-order valence-electron chi connectivity index (χ0n) is 16.4. The highest BCUT2D eigenvalue weighted by Crippen LogP contribution is 2.38.